The van der Waals surface area contributed by atoms with E-state index in [1.54, 1.807) is 12.1 Å². The number of rotatable bonds is 6. The first-order chi connectivity index (χ1) is 12.0. The molecular formula is C19H18N2O4. The first kappa shape index (κ1) is 18.1. The van der Waals surface area contributed by atoms with Gasteiger partial charge in [-0.15, -0.1) is 0 Å². The molecule has 128 valence electrons. The predicted octanol–water partition coefficient (Wildman–Crippen LogP) is 3.96. The van der Waals surface area contributed by atoms with Crippen LogP contribution in [0, 0.1) is 0 Å². The zero-order valence-corrected chi connectivity index (χ0v) is 14.5. The van der Waals surface area contributed by atoms with E-state index in [0.717, 1.165) is 11.1 Å². The summed E-state index contributed by atoms with van der Waals surface area (Å²) in [5.74, 6) is 0.978. The average molecular weight is 338 g/mol. The molecule has 6 nitrogen and oxygen atoms in total. The van der Waals surface area contributed by atoms with Crippen LogP contribution in [0.1, 0.15) is 25.0 Å². The van der Waals surface area contributed by atoms with E-state index in [-0.39, 0.29) is 0 Å². The van der Waals surface area contributed by atoms with Gasteiger partial charge in [-0.05, 0) is 35.4 Å². The van der Waals surface area contributed by atoms with Gasteiger partial charge in [0.1, 0.15) is 22.9 Å². The van der Waals surface area contributed by atoms with Crippen molar-refractivity contribution in [1.29, 1.82) is 0 Å². The third kappa shape index (κ3) is 3.66. The summed E-state index contributed by atoms with van der Waals surface area (Å²) in [4.78, 5) is 28.3. The van der Waals surface area contributed by atoms with Crippen molar-refractivity contribution in [2.24, 2.45) is 9.98 Å². The fraction of sp³-hybridized carbons (Fsp3) is 0.263. The third-order valence-corrected chi connectivity index (χ3v) is 4.14. The van der Waals surface area contributed by atoms with Crippen molar-refractivity contribution in [2.45, 2.75) is 19.3 Å². The summed E-state index contributed by atoms with van der Waals surface area (Å²) in [7, 11) is 3.04. The van der Waals surface area contributed by atoms with Gasteiger partial charge in [0.2, 0.25) is 12.2 Å². The molecule has 25 heavy (non-hydrogen) atoms. The highest BCUT2D eigenvalue weighted by Crippen LogP contribution is 2.39. The fourth-order valence-corrected chi connectivity index (χ4v) is 2.58. The summed E-state index contributed by atoms with van der Waals surface area (Å²) in [5.41, 5.74) is 2.37. The molecule has 0 bridgehead atoms. The number of methoxy groups -OCH3 is 2. The van der Waals surface area contributed by atoms with E-state index >= 15 is 0 Å². The SMILES string of the molecule is COc1cc(C(C)(C)c2ccc(N=C=O)c(OC)c2)ccc1N=C=O. The molecule has 2 rings (SSSR count). The Kier molecular flexibility index (Phi) is 5.50. The third-order valence-electron chi connectivity index (χ3n) is 4.14. The van der Waals surface area contributed by atoms with E-state index in [9.17, 15) is 9.59 Å². The lowest BCUT2D eigenvalue weighted by Crippen LogP contribution is -2.19. The molecule has 0 aromatic heterocycles. The molecule has 0 heterocycles. The van der Waals surface area contributed by atoms with E-state index in [2.05, 4.69) is 9.98 Å². The predicted molar refractivity (Wildman–Crippen MR) is 93.7 cm³/mol. The highest BCUT2D eigenvalue weighted by Gasteiger charge is 2.25. The summed E-state index contributed by atoms with van der Waals surface area (Å²) < 4.78 is 10.6. The number of carbonyl (C=O) groups excluding carboxylic acids is 2. The van der Waals surface area contributed by atoms with Crippen LogP contribution < -0.4 is 9.47 Å². The lowest BCUT2D eigenvalue weighted by molar-refractivity contribution is 0.413. The lowest BCUT2D eigenvalue weighted by atomic mass is 9.78. The van der Waals surface area contributed by atoms with Gasteiger partial charge < -0.3 is 9.47 Å². The van der Waals surface area contributed by atoms with Gasteiger partial charge in [0.25, 0.3) is 0 Å². The van der Waals surface area contributed by atoms with Crippen LogP contribution >= 0.6 is 0 Å². The Morgan fingerprint density at radius 3 is 1.52 bits per heavy atom. The van der Waals surface area contributed by atoms with Crippen LogP contribution in [-0.4, -0.2) is 26.4 Å². The second kappa shape index (κ2) is 7.58. The van der Waals surface area contributed by atoms with Gasteiger partial charge in [-0.1, -0.05) is 26.0 Å². The van der Waals surface area contributed by atoms with Crippen molar-refractivity contribution in [3.8, 4) is 11.5 Å². The molecule has 2 aromatic rings. The normalized spacial score (nSPS) is 10.4. The van der Waals surface area contributed by atoms with Gasteiger partial charge in [-0.25, -0.2) is 9.59 Å². The van der Waals surface area contributed by atoms with E-state index in [1.165, 1.54) is 26.4 Å². The number of nitrogens with zero attached hydrogens (tertiary/aromatic N) is 2. The molecule has 0 saturated carbocycles. The van der Waals surface area contributed by atoms with Crippen LogP contribution in [0.15, 0.2) is 46.4 Å². The minimum absolute atomic E-state index is 0.395. The van der Waals surface area contributed by atoms with E-state index in [1.807, 2.05) is 38.1 Å². The average Bonchev–Trinajstić information content (AvgIpc) is 2.62. The van der Waals surface area contributed by atoms with Crippen LogP contribution in [0.3, 0.4) is 0 Å². The second-order valence-electron chi connectivity index (χ2n) is 5.80. The van der Waals surface area contributed by atoms with Crippen molar-refractivity contribution in [3.05, 3.63) is 47.5 Å². The molecule has 0 fully saturated rings. The van der Waals surface area contributed by atoms with Crippen LogP contribution in [0.25, 0.3) is 0 Å². The van der Waals surface area contributed by atoms with Gasteiger partial charge in [0.05, 0.1) is 14.2 Å². The summed E-state index contributed by atoms with van der Waals surface area (Å²) in [5, 5.41) is 0. The van der Waals surface area contributed by atoms with Gasteiger partial charge in [-0.3, -0.25) is 0 Å². The monoisotopic (exact) mass is 338 g/mol. The van der Waals surface area contributed by atoms with Crippen molar-refractivity contribution in [2.75, 3.05) is 14.2 Å². The molecule has 0 aliphatic heterocycles. The van der Waals surface area contributed by atoms with Crippen LogP contribution in [-0.2, 0) is 15.0 Å². The van der Waals surface area contributed by atoms with Crippen molar-refractivity contribution in [1.82, 2.24) is 0 Å². The van der Waals surface area contributed by atoms with Crippen molar-refractivity contribution >= 4 is 23.5 Å². The fourth-order valence-electron chi connectivity index (χ4n) is 2.58. The van der Waals surface area contributed by atoms with Crippen LogP contribution in [0.4, 0.5) is 11.4 Å². The van der Waals surface area contributed by atoms with E-state index < -0.39 is 5.41 Å². The largest absolute Gasteiger partial charge is 0.494 e. The maximum atomic E-state index is 10.5. The van der Waals surface area contributed by atoms with Crippen molar-refractivity contribution in [3.63, 3.8) is 0 Å². The molecule has 0 aliphatic rings. The highest BCUT2D eigenvalue weighted by atomic mass is 16.5. The molecule has 2 aromatic carbocycles. The number of ether oxygens (including phenoxy) is 2. The first-order valence-corrected chi connectivity index (χ1v) is 7.50. The molecule has 0 radical (unpaired) electrons. The quantitative estimate of drug-likeness (QED) is 0.590. The Bertz CT molecular complexity index is 805. The zero-order chi connectivity index (χ0) is 18.4. The Morgan fingerprint density at radius 1 is 0.800 bits per heavy atom. The summed E-state index contributed by atoms with van der Waals surface area (Å²) in [6.45, 7) is 4.09. The highest BCUT2D eigenvalue weighted by molar-refractivity contribution is 5.62. The topological polar surface area (TPSA) is 77.3 Å². The zero-order valence-electron chi connectivity index (χ0n) is 14.5. The van der Waals surface area contributed by atoms with Crippen LogP contribution in [0.2, 0.25) is 0 Å². The number of aliphatic imine (C=N–C) groups is 2. The van der Waals surface area contributed by atoms with Gasteiger partial charge in [-0.2, -0.15) is 9.98 Å². The molecule has 0 atom stereocenters. The van der Waals surface area contributed by atoms with Gasteiger partial charge in [0.15, 0.2) is 0 Å². The van der Waals surface area contributed by atoms with E-state index in [4.69, 9.17) is 9.47 Å². The standard InChI is InChI=1S/C19H18N2O4/c1-19(2,13-5-7-15(20-11-22)17(9-13)24-3)14-6-8-16(21-12-23)18(10-14)25-4/h5-10H,1-4H3. The molecule has 0 N–H and O–H groups in total. The van der Waals surface area contributed by atoms with Crippen LogP contribution in [0.5, 0.6) is 11.5 Å². The molecule has 6 heteroatoms. The smallest absolute Gasteiger partial charge is 0.240 e. The summed E-state index contributed by atoms with van der Waals surface area (Å²) >= 11 is 0. The first-order valence-electron chi connectivity index (χ1n) is 7.50. The summed E-state index contributed by atoms with van der Waals surface area (Å²) in [6, 6.07) is 10.8. The number of hydrogen-bond donors (Lipinski definition) is 0. The van der Waals surface area contributed by atoms with Gasteiger partial charge >= 0.3 is 0 Å². The van der Waals surface area contributed by atoms with Crippen molar-refractivity contribution < 1.29 is 19.1 Å². The minimum atomic E-state index is -0.395. The molecular weight excluding hydrogens is 320 g/mol. The maximum Gasteiger partial charge on any atom is 0.240 e. The molecule has 0 spiro atoms. The Hall–Kier alpha value is -3.20. The molecule has 0 amide bonds. The number of benzene rings is 2. The number of hydrogen-bond acceptors (Lipinski definition) is 6. The summed E-state index contributed by atoms with van der Waals surface area (Å²) in [6.07, 6.45) is 3.04. The molecule has 0 saturated heterocycles. The Labute approximate surface area is 145 Å². The van der Waals surface area contributed by atoms with Gasteiger partial charge in [0, 0.05) is 5.41 Å². The number of isocyanates is 2. The second-order valence-corrected chi connectivity index (χ2v) is 5.80. The lowest BCUT2D eigenvalue weighted by Gasteiger charge is -2.27. The van der Waals surface area contributed by atoms with E-state index in [0.29, 0.717) is 22.9 Å². The molecule has 0 aliphatic carbocycles. The molecule has 0 unspecified atom stereocenters. The maximum absolute atomic E-state index is 10.5. The Morgan fingerprint density at radius 2 is 1.20 bits per heavy atom. The minimum Gasteiger partial charge on any atom is -0.494 e. The Balaban J connectivity index is 2.54.